The third-order valence-electron chi connectivity index (χ3n) is 9.35. The topological polar surface area (TPSA) is 149 Å². The molecule has 1 aliphatic rings. The molecule has 5 aromatic rings. The summed E-state index contributed by atoms with van der Waals surface area (Å²) < 4.78 is 6.70. The minimum atomic E-state index is -0.477. The summed E-state index contributed by atoms with van der Waals surface area (Å²) in [5.74, 6) is -0.398. The highest BCUT2D eigenvalue weighted by molar-refractivity contribution is 6.08. The molecule has 5 aromatic carbocycles. The summed E-state index contributed by atoms with van der Waals surface area (Å²) in [5, 5.41) is 20.7. The van der Waals surface area contributed by atoms with Crippen LogP contribution in [0.5, 0.6) is 5.75 Å². The Morgan fingerprint density at radius 2 is 1.54 bits per heavy atom. The molecule has 0 radical (unpaired) electrons. The molecule has 0 unspecified atom stereocenters. The molecule has 0 saturated heterocycles. The summed E-state index contributed by atoms with van der Waals surface area (Å²) in [6.45, 7) is 5.05. The maximum absolute atomic E-state index is 13.9. The highest BCUT2D eigenvalue weighted by Gasteiger charge is 2.34. The number of rotatable bonds is 10. The summed E-state index contributed by atoms with van der Waals surface area (Å²) in [6, 6.07) is 32.2. The Morgan fingerprint density at radius 1 is 0.885 bits per heavy atom. The molecule has 6 rings (SSSR count). The number of ether oxygens (including phenoxy) is 1. The summed E-state index contributed by atoms with van der Waals surface area (Å²) in [4.78, 5) is 44.0. The fourth-order valence-electron chi connectivity index (χ4n) is 6.42. The van der Waals surface area contributed by atoms with Crippen molar-refractivity contribution in [2.75, 3.05) is 48.4 Å². The van der Waals surface area contributed by atoms with Crippen LogP contribution in [0.15, 0.2) is 109 Å². The average molecular weight is 701 g/mol. The van der Waals surface area contributed by atoms with E-state index in [-0.39, 0.29) is 30.1 Å². The van der Waals surface area contributed by atoms with Gasteiger partial charge in [0, 0.05) is 36.5 Å². The number of aliphatic hydroxyl groups is 1. The Labute approximate surface area is 303 Å². The quantitative estimate of drug-likeness (QED) is 0.102. The zero-order valence-corrected chi connectivity index (χ0v) is 29.5. The molecule has 0 fully saturated rings. The van der Waals surface area contributed by atoms with Crippen LogP contribution in [0.1, 0.15) is 40.1 Å². The molecule has 52 heavy (non-hydrogen) atoms. The third kappa shape index (κ3) is 8.17. The van der Waals surface area contributed by atoms with E-state index in [9.17, 15) is 19.5 Å². The first kappa shape index (κ1) is 35.9. The second-order valence-electron chi connectivity index (χ2n) is 13.3. The molecule has 268 valence electrons. The van der Waals surface area contributed by atoms with Crippen LogP contribution in [-0.2, 0) is 6.54 Å². The van der Waals surface area contributed by atoms with Crippen molar-refractivity contribution in [1.82, 2.24) is 9.80 Å². The Balaban J connectivity index is 1.20. The van der Waals surface area contributed by atoms with Crippen LogP contribution in [-0.4, -0.2) is 71.6 Å². The number of hydrogen-bond donors (Lipinski definition) is 5. The Kier molecular flexibility index (Phi) is 11.0. The summed E-state index contributed by atoms with van der Waals surface area (Å²) in [5.41, 5.74) is 9.85. The van der Waals surface area contributed by atoms with Gasteiger partial charge in [0.25, 0.3) is 11.8 Å². The number of nitrogens with zero attached hydrogens (tertiary/aromatic N) is 2. The molecule has 11 nitrogen and oxygen atoms in total. The number of nitrogens with two attached hydrogens (primary N) is 1. The summed E-state index contributed by atoms with van der Waals surface area (Å²) >= 11 is 0. The smallest absolute Gasteiger partial charge is 0.323 e. The van der Waals surface area contributed by atoms with E-state index in [1.54, 1.807) is 47.4 Å². The number of anilines is 4. The molecule has 1 aliphatic heterocycles. The number of para-hydroxylation sites is 3. The van der Waals surface area contributed by atoms with Crippen molar-refractivity contribution in [2.24, 2.45) is 5.92 Å². The lowest BCUT2D eigenvalue weighted by atomic mass is 9.98. The van der Waals surface area contributed by atoms with Crippen LogP contribution in [0.2, 0.25) is 0 Å². The van der Waals surface area contributed by atoms with E-state index in [4.69, 9.17) is 10.5 Å². The van der Waals surface area contributed by atoms with Crippen molar-refractivity contribution in [3.05, 3.63) is 126 Å². The van der Waals surface area contributed by atoms with Crippen molar-refractivity contribution < 1.29 is 24.2 Å². The van der Waals surface area contributed by atoms with Gasteiger partial charge in [0.2, 0.25) is 0 Å². The minimum absolute atomic E-state index is 0.136. The first-order valence-corrected chi connectivity index (χ1v) is 17.3. The number of fused-ring (bicyclic) bond motifs is 2. The van der Waals surface area contributed by atoms with E-state index in [0.717, 1.165) is 16.3 Å². The molecule has 0 spiro atoms. The maximum Gasteiger partial charge on any atom is 0.323 e. The predicted molar refractivity (Wildman–Crippen MR) is 206 cm³/mol. The summed E-state index contributed by atoms with van der Waals surface area (Å²) in [6.07, 6.45) is -0.393. The van der Waals surface area contributed by atoms with E-state index in [1.165, 1.54) is 0 Å². The molecule has 6 N–H and O–H groups in total. The Morgan fingerprint density at radius 3 is 2.31 bits per heavy atom. The lowest BCUT2D eigenvalue weighted by Gasteiger charge is -2.38. The van der Waals surface area contributed by atoms with Gasteiger partial charge in [-0.2, -0.15) is 0 Å². The minimum Gasteiger partial charge on any atom is -0.486 e. The number of nitrogens with one attached hydrogen (secondary N) is 3. The third-order valence-corrected chi connectivity index (χ3v) is 9.35. The van der Waals surface area contributed by atoms with Crippen molar-refractivity contribution in [3.63, 3.8) is 0 Å². The van der Waals surface area contributed by atoms with Gasteiger partial charge in [0.05, 0.1) is 41.0 Å². The van der Waals surface area contributed by atoms with E-state index >= 15 is 0 Å². The zero-order valence-electron chi connectivity index (χ0n) is 29.5. The van der Waals surface area contributed by atoms with Crippen LogP contribution < -0.4 is 26.4 Å². The monoisotopic (exact) mass is 700 g/mol. The maximum atomic E-state index is 13.9. The van der Waals surface area contributed by atoms with E-state index < -0.39 is 18.2 Å². The van der Waals surface area contributed by atoms with Gasteiger partial charge in [-0.25, -0.2) is 4.79 Å². The first-order chi connectivity index (χ1) is 25.1. The van der Waals surface area contributed by atoms with Crippen molar-refractivity contribution >= 4 is 51.4 Å². The fourth-order valence-corrected chi connectivity index (χ4v) is 6.42. The molecular weight excluding hydrogens is 656 g/mol. The number of benzene rings is 5. The van der Waals surface area contributed by atoms with Gasteiger partial charge in [-0.1, -0.05) is 73.7 Å². The predicted octanol–water partition coefficient (Wildman–Crippen LogP) is 6.67. The van der Waals surface area contributed by atoms with Gasteiger partial charge >= 0.3 is 6.03 Å². The molecule has 0 bridgehead atoms. The number of carbonyl (C=O) groups excluding carboxylic acids is 3. The molecular formula is C41H44N6O5. The molecule has 4 amide bonds. The standard InChI is InChI=1S/C41H44N6O5/c1-26-22-47(27(2)25-48)40(50)32-13-9-17-36(45-41(51)44-34-16-8-11-29-10-4-5-12-31(29)34)38(32)52-37(26)24-46(3)23-28-18-20-30(21-19-28)39(49)43-35-15-7-6-14-33(35)42/h4-21,26-27,37,48H,22-25,42H2,1-3H3,(H,43,49)(H2,44,45,51)/t26-,27-,37-/m1/s1. The average Bonchev–Trinajstić information content (AvgIpc) is 3.14. The number of carbonyl (C=O) groups is 3. The SMILES string of the molecule is C[C@@H]1CN([C@H](C)CO)C(=O)c2cccc(NC(=O)Nc3cccc4ccccc34)c2O[C@@H]1CN(C)Cc1ccc(C(=O)Nc2ccccc2N)cc1. The van der Waals surface area contributed by atoms with Gasteiger partial charge in [0.1, 0.15) is 6.10 Å². The van der Waals surface area contributed by atoms with E-state index in [0.29, 0.717) is 53.5 Å². The molecule has 3 atom stereocenters. The number of nitrogen functional groups attached to an aromatic ring is 1. The molecule has 0 aliphatic carbocycles. The highest BCUT2D eigenvalue weighted by Crippen LogP contribution is 2.35. The van der Waals surface area contributed by atoms with Crippen LogP contribution >= 0.6 is 0 Å². The van der Waals surface area contributed by atoms with Gasteiger partial charge < -0.3 is 36.4 Å². The lowest BCUT2D eigenvalue weighted by Crippen LogP contribution is -2.49. The van der Waals surface area contributed by atoms with Crippen LogP contribution in [0.3, 0.4) is 0 Å². The van der Waals surface area contributed by atoms with Crippen LogP contribution in [0, 0.1) is 5.92 Å². The number of hydrogen-bond acceptors (Lipinski definition) is 7. The van der Waals surface area contributed by atoms with Gasteiger partial charge in [-0.15, -0.1) is 0 Å². The fraction of sp³-hybridized carbons (Fsp3) is 0.244. The number of likely N-dealkylation sites (N-methyl/N-ethyl adjacent to an activating group) is 1. The second-order valence-corrected chi connectivity index (χ2v) is 13.3. The largest absolute Gasteiger partial charge is 0.486 e. The Hall–Kier alpha value is -5.91. The molecule has 11 heteroatoms. The van der Waals surface area contributed by atoms with Crippen molar-refractivity contribution in [2.45, 2.75) is 32.5 Å². The highest BCUT2D eigenvalue weighted by atomic mass is 16.5. The summed E-state index contributed by atoms with van der Waals surface area (Å²) in [7, 11) is 1.98. The van der Waals surface area contributed by atoms with Crippen LogP contribution in [0.4, 0.5) is 27.5 Å². The van der Waals surface area contributed by atoms with Gasteiger partial charge in [-0.05, 0) is 67.4 Å². The van der Waals surface area contributed by atoms with E-state index in [1.807, 2.05) is 87.6 Å². The zero-order chi connectivity index (χ0) is 36.8. The van der Waals surface area contributed by atoms with Crippen molar-refractivity contribution in [3.8, 4) is 5.75 Å². The van der Waals surface area contributed by atoms with Gasteiger partial charge in [-0.3, -0.25) is 14.5 Å². The van der Waals surface area contributed by atoms with Crippen LogP contribution in [0.25, 0.3) is 10.8 Å². The second kappa shape index (κ2) is 16.0. The first-order valence-electron chi connectivity index (χ1n) is 17.3. The molecule has 0 aromatic heterocycles. The molecule has 0 saturated carbocycles. The van der Waals surface area contributed by atoms with Gasteiger partial charge in [0.15, 0.2) is 5.75 Å². The number of urea groups is 1. The Bertz CT molecular complexity index is 2060. The van der Waals surface area contributed by atoms with Crippen molar-refractivity contribution in [1.29, 1.82) is 0 Å². The number of amides is 4. The normalized spacial score (nSPS) is 16.3. The lowest BCUT2D eigenvalue weighted by molar-refractivity contribution is 0.0343. The molecule has 1 heterocycles. The van der Waals surface area contributed by atoms with E-state index in [2.05, 4.69) is 20.9 Å². The number of aliphatic hydroxyl groups excluding tert-OH is 1.